The minimum Gasteiger partial charge on any atom is -0.373 e. The summed E-state index contributed by atoms with van der Waals surface area (Å²) >= 11 is 11.4. The second-order valence-corrected chi connectivity index (χ2v) is 5.25. The average molecular weight is 293 g/mol. The molecule has 0 N–H and O–H groups in total. The molecular formula is C12H15Cl2FN2O. The molecule has 18 heavy (non-hydrogen) atoms. The Morgan fingerprint density at radius 1 is 1.17 bits per heavy atom. The van der Waals surface area contributed by atoms with E-state index in [0.29, 0.717) is 11.7 Å². The molecule has 1 atom stereocenters. The molecule has 100 valence electrons. The first-order chi connectivity index (χ1) is 8.63. The van der Waals surface area contributed by atoms with E-state index in [1.807, 2.05) is 0 Å². The van der Waals surface area contributed by atoms with Crippen LogP contribution < -0.4 is 0 Å². The Kier molecular flexibility index (Phi) is 4.76. The van der Waals surface area contributed by atoms with Crippen LogP contribution in [0.2, 0.25) is 10.3 Å². The van der Waals surface area contributed by atoms with Gasteiger partial charge >= 0.3 is 0 Å². The van der Waals surface area contributed by atoms with Crippen molar-refractivity contribution < 1.29 is 9.13 Å². The van der Waals surface area contributed by atoms with Crippen LogP contribution >= 0.6 is 23.2 Å². The van der Waals surface area contributed by atoms with Crippen LogP contribution in [0.25, 0.3) is 0 Å². The number of halogens is 3. The van der Waals surface area contributed by atoms with E-state index in [2.05, 4.69) is 9.97 Å². The van der Waals surface area contributed by atoms with Crippen molar-refractivity contribution >= 4 is 23.2 Å². The standard InChI is InChI=1S/C12H15Cl2FN2O/c1-18-9(7-5-3-2-4-6-7)12-16-10(13)8(15)11(14)17-12/h7,9H,2-6H2,1H3. The fraction of sp³-hybridized carbons (Fsp3) is 0.667. The molecule has 0 radical (unpaired) electrons. The van der Waals surface area contributed by atoms with Gasteiger partial charge in [-0.05, 0) is 18.8 Å². The van der Waals surface area contributed by atoms with Crippen LogP contribution in [-0.4, -0.2) is 17.1 Å². The maximum atomic E-state index is 13.3. The van der Waals surface area contributed by atoms with Crippen molar-refractivity contribution in [2.24, 2.45) is 5.92 Å². The van der Waals surface area contributed by atoms with Gasteiger partial charge in [0.25, 0.3) is 0 Å². The second-order valence-electron chi connectivity index (χ2n) is 4.53. The summed E-state index contributed by atoms with van der Waals surface area (Å²) < 4.78 is 18.8. The van der Waals surface area contributed by atoms with Gasteiger partial charge in [0.15, 0.2) is 21.9 Å². The molecule has 2 rings (SSSR count). The maximum absolute atomic E-state index is 13.3. The lowest BCUT2D eigenvalue weighted by molar-refractivity contribution is 0.0288. The van der Waals surface area contributed by atoms with Crippen LogP contribution in [0.3, 0.4) is 0 Å². The lowest BCUT2D eigenvalue weighted by Crippen LogP contribution is -2.20. The van der Waals surface area contributed by atoms with E-state index in [1.165, 1.54) is 19.3 Å². The Hall–Kier alpha value is -0.450. The zero-order valence-electron chi connectivity index (χ0n) is 10.1. The van der Waals surface area contributed by atoms with Crippen LogP contribution in [0.1, 0.15) is 44.0 Å². The number of hydrogen-bond donors (Lipinski definition) is 0. The molecule has 0 bridgehead atoms. The lowest BCUT2D eigenvalue weighted by atomic mass is 9.85. The first kappa shape index (κ1) is 14.0. The van der Waals surface area contributed by atoms with Gasteiger partial charge in [0.1, 0.15) is 6.10 Å². The van der Waals surface area contributed by atoms with E-state index in [1.54, 1.807) is 7.11 Å². The van der Waals surface area contributed by atoms with Crippen molar-refractivity contribution in [3.8, 4) is 0 Å². The van der Waals surface area contributed by atoms with E-state index >= 15 is 0 Å². The van der Waals surface area contributed by atoms with Crippen molar-refractivity contribution in [2.75, 3.05) is 7.11 Å². The summed E-state index contributed by atoms with van der Waals surface area (Å²) in [5.41, 5.74) is 0. The van der Waals surface area contributed by atoms with E-state index in [-0.39, 0.29) is 16.4 Å². The number of hydrogen-bond acceptors (Lipinski definition) is 3. The van der Waals surface area contributed by atoms with Crippen LogP contribution in [-0.2, 0) is 4.74 Å². The largest absolute Gasteiger partial charge is 0.373 e. The third-order valence-electron chi connectivity index (χ3n) is 3.37. The van der Waals surface area contributed by atoms with E-state index in [0.717, 1.165) is 12.8 Å². The molecule has 1 fully saturated rings. The molecule has 6 heteroatoms. The summed E-state index contributed by atoms with van der Waals surface area (Å²) in [7, 11) is 1.60. The molecule has 1 unspecified atom stereocenters. The topological polar surface area (TPSA) is 35.0 Å². The Morgan fingerprint density at radius 2 is 1.72 bits per heavy atom. The number of rotatable bonds is 3. The van der Waals surface area contributed by atoms with Gasteiger partial charge in [0.05, 0.1) is 0 Å². The minimum atomic E-state index is -0.777. The van der Waals surface area contributed by atoms with Crippen molar-refractivity contribution in [2.45, 2.75) is 38.2 Å². The van der Waals surface area contributed by atoms with Gasteiger partial charge in [-0.2, -0.15) is 0 Å². The van der Waals surface area contributed by atoms with Crippen molar-refractivity contribution in [1.29, 1.82) is 0 Å². The highest BCUT2D eigenvalue weighted by Gasteiger charge is 2.28. The average Bonchev–Trinajstić information content (AvgIpc) is 2.38. The van der Waals surface area contributed by atoms with Crippen molar-refractivity contribution in [3.63, 3.8) is 0 Å². The molecule has 0 aliphatic heterocycles. The van der Waals surface area contributed by atoms with Gasteiger partial charge in [-0.1, -0.05) is 42.5 Å². The highest BCUT2D eigenvalue weighted by molar-refractivity contribution is 6.33. The minimum absolute atomic E-state index is 0.247. The normalized spacial score (nSPS) is 18.9. The van der Waals surface area contributed by atoms with E-state index in [4.69, 9.17) is 27.9 Å². The Morgan fingerprint density at radius 3 is 2.22 bits per heavy atom. The molecule has 1 saturated carbocycles. The van der Waals surface area contributed by atoms with Gasteiger partial charge in [-0.3, -0.25) is 0 Å². The zero-order valence-corrected chi connectivity index (χ0v) is 11.6. The molecule has 1 aliphatic carbocycles. The molecule has 1 aromatic heterocycles. The molecule has 1 aromatic rings. The molecule has 0 amide bonds. The van der Waals surface area contributed by atoms with Crippen LogP contribution in [0.4, 0.5) is 4.39 Å². The fourth-order valence-corrected chi connectivity index (χ4v) is 2.88. The summed E-state index contributed by atoms with van der Waals surface area (Å²) in [6.07, 6.45) is 5.46. The van der Waals surface area contributed by atoms with E-state index in [9.17, 15) is 4.39 Å². The second kappa shape index (κ2) is 6.13. The SMILES string of the molecule is COC(c1nc(Cl)c(F)c(Cl)n1)C1CCCCC1. The van der Waals surface area contributed by atoms with Gasteiger partial charge in [0.2, 0.25) is 0 Å². The Bertz CT molecular complexity index is 402. The summed E-state index contributed by atoms with van der Waals surface area (Å²) in [6.45, 7) is 0. The van der Waals surface area contributed by atoms with Gasteiger partial charge in [0, 0.05) is 7.11 Å². The molecule has 0 spiro atoms. The number of aromatic nitrogens is 2. The molecule has 0 aromatic carbocycles. The molecule has 1 heterocycles. The van der Waals surface area contributed by atoms with Crippen LogP contribution in [0.5, 0.6) is 0 Å². The highest BCUT2D eigenvalue weighted by atomic mass is 35.5. The lowest BCUT2D eigenvalue weighted by Gasteiger charge is -2.28. The maximum Gasteiger partial charge on any atom is 0.197 e. The molecule has 3 nitrogen and oxygen atoms in total. The monoisotopic (exact) mass is 292 g/mol. The number of methoxy groups -OCH3 is 1. The van der Waals surface area contributed by atoms with Gasteiger partial charge < -0.3 is 4.74 Å². The van der Waals surface area contributed by atoms with Crippen LogP contribution in [0.15, 0.2) is 0 Å². The first-order valence-corrected chi connectivity index (χ1v) is 6.80. The third kappa shape index (κ3) is 2.92. The molecule has 1 aliphatic rings. The smallest absolute Gasteiger partial charge is 0.197 e. The predicted molar refractivity (Wildman–Crippen MR) is 68.3 cm³/mol. The predicted octanol–water partition coefficient (Wildman–Crippen LogP) is 4.19. The quantitative estimate of drug-likeness (QED) is 0.784. The summed E-state index contributed by atoms with van der Waals surface area (Å²) in [4.78, 5) is 7.90. The molecule has 0 saturated heterocycles. The van der Waals surface area contributed by atoms with Crippen LogP contribution in [0, 0.1) is 11.7 Å². The summed E-state index contributed by atoms with van der Waals surface area (Å²) in [5, 5.41) is -0.495. The fourth-order valence-electron chi connectivity index (χ4n) is 2.48. The molecular weight excluding hydrogens is 278 g/mol. The summed E-state index contributed by atoms with van der Waals surface area (Å²) in [6, 6.07) is 0. The van der Waals surface area contributed by atoms with Crippen molar-refractivity contribution in [3.05, 3.63) is 21.9 Å². The van der Waals surface area contributed by atoms with Gasteiger partial charge in [-0.15, -0.1) is 0 Å². The highest BCUT2D eigenvalue weighted by Crippen LogP contribution is 2.36. The number of ether oxygens (including phenoxy) is 1. The number of nitrogens with zero attached hydrogens (tertiary/aromatic N) is 2. The Balaban J connectivity index is 2.26. The Labute approximate surface area is 116 Å². The van der Waals surface area contributed by atoms with Gasteiger partial charge in [-0.25, -0.2) is 14.4 Å². The third-order valence-corrected chi connectivity index (χ3v) is 3.87. The first-order valence-electron chi connectivity index (χ1n) is 6.04. The van der Waals surface area contributed by atoms with E-state index < -0.39 is 5.82 Å². The zero-order chi connectivity index (χ0) is 13.1. The van der Waals surface area contributed by atoms with Crippen molar-refractivity contribution in [1.82, 2.24) is 9.97 Å². The summed E-state index contributed by atoms with van der Waals surface area (Å²) in [5.74, 6) is -0.0530.